The van der Waals surface area contributed by atoms with Crippen LogP contribution in [0, 0.1) is 0 Å². The van der Waals surface area contributed by atoms with Crippen LogP contribution in [0.15, 0.2) is 48.5 Å². The maximum absolute atomic E-state index is 12.4. The third-order valence-corrected chi connectivity index (χ3v) is 4.63. The zero-order valence-corrected chi connectivity index (χ0v) is 17.0. The lowest BCUT2D eigenvalue weighted by atomic mass is 10.2. The average Bonchev–Trinajstić information content (AvgIpc) is 3.04. The standard InChI is InChI=1S/C22H26N4O3/c1-25(2)12-11-23-21(27)14-20-24-18-13-17(22(28)29-3)9-10-19(18)26(20)15-16-7-5-4-6-8-16/h4-10,13H,11-12,14-15H2,1-3H3,(H,23,27). The minimum atomic E-state index is -0.410. The van der Waals surface area contributed by atoms with Crippen LogP contribution in [0.3, 0.4) is 0 Å². The summed E-state index contributed by atoms with van der Waals surface area (Å²) < 4.78 is 6.83. The SMILES string of the molecule is COC(=O)c1ccc2c(c1)nc(CC(=O)NCCN(C)C)n2Cc1ccccc1. The number of amides is 1. The second kappa shape index (κ2) is 9.34. The molecule has 0 aliphatic heterocycles. The van der Waals surface area contributed by atoms with Gasteiger partial charge in [0, 0.05) is 19.6 Å². The third kappa shape index (κ3) is 5.20. The summed E-state index contributed by atoms with van der Waals surface area (Å²) in [5, 5.41) is 2.93. The molecule has 0 unspecified atom stereocenters. The Morgan fingerprint density at radius 2 is 1.90 bits per heavy atom. The summed E-state index contributed by atoms with van der Waals surface area (Å²) in [6.45, 7) is 1.95. The lowest BCUT2D eigenvalue weighted by molar-refractivity contribution is -0.120. The number of hydrogen-bond donors (Lipinski definition) is 1. The largest absolute Gasteiger partial charge is 0.465 e. The molecule has 1 N–H and O–H groups in total. The number of nitrogens with zero attached hydrogens (tertiary/aromatic N) is 3. The van der Waals surface area contributed by atoms with Crippen LogP contribution in [0.1, 0.15) is 21.7 Å². The molecule has 1 heterocycles. The number of hydrogen-bond acceptors (Lipinski definition) is 5. The minimum Gasteiger partial charge on any atom is -0.465 e. The highest BCUT2D eigenvalue weighted by atomic mass is 16.5. The third-order valence-electron chi connectivity index (χ3n) is 4.63. The molecule has 1 amide bonds. The Morgan fingerprint density at radius 3 is 2.59 bits per heavy atom. The van der Waals surface area contributed by atoms with Crippen LogP contribution in [0.2, 0.25) is 0 Å². The van der Waals surface area contributed by atoms with Crippen LogP contribution < -0.4 is 5.32 Å². The molecule has 0 atom stereocenters. The molecule has 0 fully saturated rings. The number of carbonyl (C=O) groups excluding carboxylic acids is 2. The van der Waals surface area contributed by atoms with E-state index < -0.39 is 5.97 Å². The van der Waals surface area contributed by atoms with Gasteiger partial charge in [-0.05, 0) is 37.9 Å². The highest BCUT2D eigenvalue weighted by molar-refractivity contribution is 5.94. The van der Waals surface area contributed by atoms with Crippen molar-refractivity contribution in [1.82, 2.24) is 19.8 Å². The Bertz CT molecular complexity index is 996. The first-order valence-corrected chi connectivity index (χ1v) is 9.50. The van der Waals surface area contributed by atoms with Crippen molar-refractivity contribution in [3.8, 4) is 0 Å². The fraction of sp³-hybridized carbons (Fsp3) is 0.318. The van der Waals surface area contributed by atoms with Crippen molar-refractivity contribution in [1.29, 1.82) is 0 Å². The predicted octanol–water partition coefficient (Wildman–Crippen LogP) is 2.09. The number of methoxy groups -OCH3 is 1. The number of likely N-dealkylation sites (N-methyl/N-ethyl adjacent to an activating group) is 1. The molecule has 0 saturated heterocycles. The van der Waals surface area contributed by atoms with Crippen LogP contribution in [0.25, 0.3) is 11.0 Å². The van der Waals surface area contributed by atoms with E-state index in [9.17, 15) is 9.59 Å². The van der Waals surface area contributed by atoms with Gasteiger partial charge >= 0.3 is 5.97 Å². The highest BCUT2D eigenvalue weighted by Gasteiger charge is 2.16. The molecular weight excluding hydrogens is 368 g/mol. The number of rotatable bonds is 8. The van der Waals surface area contributed by atoms with E-state index >= 15 is 0 Å². The Labute approximate surface area is 170 Å². The van der Waals surface area contributed by atoms with Gasteiger partial charge in [-0.25, -0.2) is 9.78 Å². The van der Waals surface area contributed by atoms with Crippen molar-refractivity contribution in [2.75, 3.05) is 34.3 Å². The molecule has 7 heteroatoms. The van der Waals surface area contributed by atoms with Gasteiger partial charge in [0.1, 0.15) is 5.82 Å². The smallest absolute Gasteiger partial charge is 0.337 e. The minimum absolute atomic E-state index is 0.0790. The van der Waals surface area contributed by atoms with Crippen molar-refractivity contribution < 1.29 is 14.3 Å². The van der Waals surface area contributed by atoms with E-state index in [4.69, 9.17) is 4.74 Å². The van der Waals surface area contributed by atoms with Gasteiger partial charge in [0.25, 0.3) is 0 Å². The molecule has 0 saturated carbocycles. The van der Waals surface area contributed by atoms with Gasteiger partial charge in [-0.2, -0.15) is 0 Å². The molecule has 3 aromatic rings. The number of fused-ring (bicyclic) bond motifs is 1. The van der Waals surface area contributed by atoms with Gasteiger partial charge in [0.2, 0.25) is 5.91 Å². The van der Waals surface area contributed by atoms with E-state index in [0.29, 0.717) is 30.0 Å². The second-order valence-electron chi connectivity index (χ2n) is 7.12. The lowest BCUT2D eigenvalue weighted by Gasteiger charge is -2.12. The second-order valence-corrected chi connectivity index (χ2v) is 7.12. The molecule has 152 valence electrons. The first-order chi connectivity index (χ1) is 14.0. The van der Waals surface area contributed by atoms with Gasteiger partial charge in [-0.1, -0.05) is 30.3 Å². The van der Waals surface area contributed by atoms with E-state index in [1.807, 2.05) is 60.0 Å². The number of esters is 1. The normalized spacial score (nSPS) is 11.0. The Kier molecular flexibility index (Phi) is 6.61. The van der Waals surface area contributed by atoms with Crippen molar-refractivity contribution >= 4 is 22.9 Å². The topological polar surface area (TPSA) is 76.5 Å². The van der Waals surface area contributed by atoms with E-state index in [1.54, 1.807) is 12.1 Å². The fourth-order valence-corrected chi connectivity index (χ4v) is 3.13. The molecule has 2 aromatic carbocycles. The van der Waals surface area contributed by atoms with Gasteiger partial charge in [0.05, 0.1) is 30.1 Å². The van der Waals surface area contributed by atoms with Gasteiger partial charge < -0.3 is 19.5 Å². The van der Waals surface area contributed by atoms with E-state index in [1.165, 1.54) is 7.11 Å². The summed E-state index contributed by atoms with van der Waals surface area (Å²) >= 11 is 0. The van der Waals surface area contributed by atoms with Crippen molar-refractivity contribution in [2.24, 2.45) is 0 Å². The highest BCUT2D eigenvalue weighted by Crippen LogP contribution is 2.21. The van der Waals surface area contributed by atoms with Crippen LogP contribution >= 0.6 is 0 Å². The maximum atomic E-state index is 12.4. The van der Waals surface area contributed by atoms with E-state index in [0.717, 1.165) is 17.6 Å². The van der Waals surface area contributed by atoms with Crippen LogP contribution in [0.4, 0.5) is 0 Å². The van der Waals surface area contributed by atoms with Crippen molar-refractivity contribution in [3.63, 3.8) is 0 Å². The Balaban J connectivity index is 1.91. The molecule has 29 heavy (non-hydrogen) atoms. The number of imidazole rings is 1. The number of ether oxygens (including phenoxy) is 1. The van der Waals surface area contributed by atoms with Gasteiger partial charge in [-0.15, -0.1) is 0 Å². The predicted molar refractivity (Wildman–Crippen MR) is 112 cm³/mol. The quantitative estimate of drug-likeness (QED) is 0.592. The van der Waals surface area contributed by atoms with Crippen LogP contribution in [-0.4, -0.2) is 60.6 Å². The molecule has 0 aliphatic carbocycles. The Hall–Kier alpha value is -3.19. The molecule has 3 rings (SSSR count). The number of benzene rings is 2. The lowest BCUT2D eigenvalue weighted by Crippen LogP contribution is -2.32. The maximum Gasteiger partial charge on any atom is 0.337 e. The molecule has 0 bridgehead atoms. The summed E-state index contributed by atoms with van der Waals surface area (Å²) in [7, 11) is 5.28. The van der Waals surface area contributed by atoms with Gasteiger partial charge in [-0.3, -0.25) is 4.79 Å². The summed E-state index contributed by atoms with van der Waals surface area (Å²) in [5.74, 6) is 0.172. The molecular formula is C22H26N4O3. The molecule has 1 aromatic heterocycles. The van der Waals surface area contributed by atoms with Crippen LogP contribution in [0.5, 0.6) is 0 Å². The van der Waals surface area contributed by atoms with Crippen molar-refractivity contribution in [2.45, 2.75) is 13.0 Å². The van der Waals surface area contributed by atoms with E-state index in [2.05, 4.69) is 10.3 Å². The average molecular weight is 394 g/mol. The fourth-order valence-electron chi connectivity index (χ4n) is 3.13. The number of aromatic nitrogens is 2. The summed E-state index contributed by atoms with van der Waals surface area (Å²) in [6, 6.07) is 15.3. The monoisotopic (exact) mass is 394 g/mol. The number of carbonyl (C=O) groups is 2. The molecule has 0 radical (unpaired) electrons. The van der Waals surface area contributed by atoms with E-state index in [-0.39, 0.29) is 12.3 Å². The molecule has 0 spiro atoms. The number of nitrogens with one attached hydrogen (secondary N) is 1. The Morgan fingerprint density at radius 1 is 1.14 bits per heavy atom. The zero-order chi connectivity index (χ0) is 20.8. The van der Waals surface area contributed by atoms with Crippen molar-refractivity contribution in [3.05, 3.63) is 65.5 Å². The zero-order valence-electron chi connectivity index (χ0n) is 17.0. The molecule has 7 nitrogen and oxygen atoms in total. The summed E-state index contributed by atoms with van der Waals surface area (Å²) in [5.41, 5.74) is 3.09. The summed E-state index contributed by atoms with van der Waals surface area (Å²) in [4.78, 5) is 31.0. The first kappa shape index (κ1) is 20.5. The molecule has 0 aliphatic rings. The first-order valence-electron chi connectivity index (χ1n) is 9.50. The van der Waals surface area contributed by atoms with Gasteiger partial charge in [0.15, 0.2) is 0 Å². The summed E-state index contributed by atoms with van der Waals surface area (Å²) in [6.07, 6.45) is 0.169. The van der Waals surface area contributed by atoms with Crippen LogP contribution in [-0.2, 0) is 22.5 Å².